The van der Waals surface area contributed by atoms with Gasteiger partial charge >= 0.3 is 12.1 Å². The molecule has 4 aromatic rings. The first-order valence-electron chi connectivity index (χ1n) is 17.5. The molecule has 4 saturated heterocycles. The van der Waals surface area contributed by atoms with Crippen LogP contribution < -0.4 is 9.64 Å². The van der Waals surface area contributed by atoms with E-state index >= 15 is 4.39 Å². The van der Waals surface area contributed by atoms with Crippen molar-refractivity contribution in [1.82, 2.24) is 24.8 Å². The molecule has 10 nitrogen and oxygen atoms in total. The first kappa shape index (κ1) is 33.3. The predicted octanol–water partition coefficient (Wildman–Crippen LogP) is 6.21. The number of hydrogen-bond donors (Lipinski definition) is 1. The number of pyridine rings is 1. The number of rotatable bonds is 8. The van der Waals surface area contributed by atoms with Gasteiger partial charge in [0.05, 0.1) is 35.7 Å². The third-order valence-electron chi connectivity index (χ3n) is 10.7. The zero-order valence-corrected chi connectivity index (χ0v) is 28.5. The Kier molecular flexibility index (Phi) is 8.32. The number of ether oxygens (including phenoxy) is 2. The lowest BCUT2D eigenvalue weighted by molar-refractivity contribution is -0.0150. The fourth-order valence-corrected chi connectivity index (χ4v) is 7.89. The SMILES string of the molecule is C#Cc1c(F)ccc2cc(O)cc(-c3ncc4c(N5CC6CC(C5)N6C(=O)OC(C)C)nc(OCC5(CN6CCC(F)CC6)CC5)nc4c3F)c12. The van der Waals surface area contributed by atoms with Gasteiger partial charge in [0.2, 0.25) is 0 Å². The zero-order valence-electron chi connectivity index (χ0n) is 28.5. The maximum absolute atomic E-state index is 16.9. The lowest BCUT2D eigenvalue weighted by Crippen LogP contribution is -2.70. The molecule has 5 aliphatic rings. The number of nitrogens with zero attached hydrogens (tertiary/aromatic N) is 6. The summed E-state index contributed by atoms with van der Waals surface area (Å²) in [6.07, 6.45) is 9.57. The first-order valence-corrected chi connectivity index (χ1v) is 17.5. The second-order valence-corrected chi connectivity index (χ2v) is 14.7. The normalized spacial score (nSPS) is 21.5. The number of alkyl halides is 1. The molecule has 1 saturated carbocycles. The van der Waals surface area contributed by atoms with Gasteiger partial charge in [0.25, 0.3) is 0 Å². The molecule has 4 aliphatic heterocycles. The van der Waals surface area contributed by atoms with E-state index in [2.05, 4.69) is 20.8 Å². The summed E-state index contributed by atoms with van der Waals surface area (Å²) in [6.45, 7) is 7.00. The van der Waals surface area contributed by atoms with Crippen LogP contribution in [0.15, 0.2) is 30.5 Å². The van der Waals surface area contributed by atoms with Crippen molar-refractivity contribution in [3.8, 4) is 35.4 Å². The highest BCUT2D eigenvalue weighted by Gasteiger charge is 2.49. The molecule has 1 aliphatic carbocycles. The van der Waals surface area contributed by atoms with E-state index in [1.54, 1.807) is 4.90 Å². The van der Waals surface area contributed by atoms with Crippen LogP contribution in [0.1, 0.15) is 51.5 Å². The van der Waals surface area contributed by atoms with Crippen LogP contribution in [0.5, 0.6) is 11.8 Å². The third-order valence-corrected chi connectivity index (χ3v) is 10.7. The van der Waals surface area contributed by atoms with E-state index in [9.17, 15) is 18.7 Å². The van der Waals surface area contributed by atoms with E-state index in [0.29, 0.717) is 62.2 Å². The molecule has 1 N–H and O–H groups in total. The van der Waals surface area contributed by atoms with Gasteiger partial charge in [0.1, 0.15) is 34.8 Å². The Morgan fingerprint density at radius 2 is 1.88 bits per heavy atom. The first-order chi connectivity index (χ1) is 24.5. The van der Waals surface area contributed by atoms with Crippen molar-refractivity contribution >= 4 is 33.6 Å². The number of piperidine rings is 2. The number of carbonyl (C=O) groups excluding carboxylic acids is 1. The maximum Gasteiger partial charge on any atom is 0.410 e. The van der Waals surface area contributed by atoms with Crippen molar-refractivity contribution in [3.05, 3.63) is 47.7 Å². The summed E-state index contributed by atoms with van der Waals surface area (Å²) in [5.41, 5.74) is -0.300. The number of hydrogen-bond acceptors (Lipinski definition) is 9. The van der Waals surface area contributed by atoms with Gasteiger partial charge in [-0.25, -0.2) is 18.0 Å². The van der Waals surface area contributed by atoms with Gasteiger partial charge in [-0.3, -0.25) is 9.88 Å². The quantitative estimate of drug-likeness (QED) is 0.215. The van der Waals surface area contributed by atoms with Crippen LogP contribution in [-0.4, -0.2) is 99.6 Å². The van der Waals surface area contributed by atoms with E-state index < -0.39 is 17.8 Å². The monoisotopic (exact) mass is 700 g/mol. The van der Waals surface area contributed by atoms with Crippen molar-refractivity contribution in [3.63, 3.8) is 0 Å². The lowest BCUT2D eigenvalue weighted by Gasteiger charge is -2.55. The number of likely N-dealkylation sites (tertiary alicyclic amines) is 1. The largest absolute Gasteiger partial charge is 0.508 e. The minimum absolute atomic E-state index is 0.00580. The van der Waals surface area contributed by atoms with E-state index in [0.717, 1.165) is 25.8 Å². The smallest absolute Gasteiger partial charge is 0.410 e. The van der Waals surface area contributed by atoms with Crippen molar-refractivity contribution < 1.29 is 32.5 Å². The van der Waals surface area contributed by atoms with E-state index in [-0.39, 0.29) is 69.2 Å². The lowest BCUT2D eigenvalue weighted by atomic mass is 9.88. The standard InChI is InChI=1S/C38H39F3N6O4/c1-4-27-30(40)6-5-22-13-26(48)15-28(31(22)27)33-32(41)34-29(16-42-33)35(46-17-24-14-25(18-46)47(24)37(49)51-21(2)3)44-36(43-34)50-20-38(9-10-38)19-45-11-7-23(39)8-12-45/h1,5-6,13,15-16,21,23-25,48H,7-12,14,17-20H2,2-3H3. The number of carbonyl (C=O) groups is 1. The van der Waals surface area contributed by atoms with Gasteiger partial charge in [-0.2, -0.15) is 9.97 Å². The number of phenolic OH excluding ortho intramolecular Hbond substituents is 1. The predicted molar refractivity (Wildman–Crippen MR) is 185 cm³/mol. The van der Waals surface area contributed by atoms with Crippen LogP contribution in [0.25, 0.3) is 32.9 Å². The van der Waals surface area contributed by atoms with Gasteiger partial charge in [-0.05, 0) is 69.5 Å². The zero-order chi connectivity index (χ0) is 35.6. The third kappa shape index (κ3) is 6.13. The molecule has 2 aromatic heterocycles. The van der Waals surface area contributed by atoms with Gasteiger partial charge in [0.15, 0.2) is 5.82 Å². The molecule has 13 heteroatoms. The number of phenols is 1. The summed E-state index contributed by atoms with van der Waals surface area (Å²) in [5.74, 6) is 1.16. The van der Waals surface area contributed by atoms with E-state index in [1.165, 1.54) is 30.5 Å². The highest BCUT2D eigenvalue weighted by atomic mass is 19.1. The number of piperazine rings is 1. The Morgan fingerprint density at radius 3 is 2.57 bits per heavy atom. The number of aromatic hydroxyl groups is 1. The maximum atomic E-state index is 16.9. The van der Waals surface area contributed by atoms with Crippen LogP contribution in [0.4, 0.5) is 23.8 Å². The van der Waals surface area contributed by atoms with Gasteiger partial charge in [-0.15, -0.1) is 6.42 Å². The van der Waals surface area contributed by atoms with Gasteiger partial charge in [0, 0.05) is 55.3 Å². The summed E-state index contributed by atoms with van der Waals surface area (Å²) in [4.78, 5) is 32.7. The Labute approximate surface area is 293 Å². The molecule has 0 radical (unpaired) electrons. The van der Waals surface area contributed by atoms with E-state index in [4.69, 9.17) is 20.9 Å². The van der Waals surface area contributed by atoms with Crippen LogP contribution in [0.2, 0.25) is 0 Å². The average molecular weight is 701 g/mol. The molecule has 2 bridgehead atoms. The number of aromatic nitrogens is 3. The Bertz CT molecular complexity index is 2070. The van der Waals surface area contributed by atoms with Crippen molar-refractivity contribution in [1.29, 1.82) is 0 Å². The molecule has 51 heavy (non-hydrogen) atoms. The van der Waals surface area contributed by atoms with Crippen molar-refractivity contribution in [2.75, 3.05) is 44.2 Å². The van der Waals surface area contributed by atoms with Crippen LogP contribution in [0, 0.1) is 29.4 Å². The molecular formula is C38H39F3N6O4. The highest BCUT2D eigenvalue weighted by molar-refractivity contribution is 6.03. The number of amides is 1. The Hall–Kier alpha value is -4.83. The van der Waals surface area contributed by atoms with Crippen LogP contribution in [0.3, 0.4) is 0 Å². The van der Waals surface area contributed by atoms with Crippen LogP contribution in [-0.2, 0) is 4.74 Å². The Balaban J connectivity index is 1.17. The summed E-state index contributed by atoms with van der Waals surface area (Å²) >= 11 is 0. The minimum atomic E-state index is -0.806. The summed E-state index contributed by atoms with van der Waals surface area (Å²) in [6, 6.07) is 5.19. The molecule has 2 atom stereocenters. The fourth-order valence-electron chi connectivity index (χ4n) is 7.89. The fraction of sp³-hybridized carbons (Fsp3) is 0.474. The van der Waals surface area contributed by atoms with Gasteiger partial charge in [-0.1, -0.05) is 12.0 Å². The highest BCUT2D eigenvalue weighted by Crippen LogP contribution is 2.47. The molecule has 2 aromatic carbocycles. The number of anilines is 1. The minimum Gasteiger partial charge on any atom is -0.508 e. The van der Waals surface area contributed by atoms with Crippen LogP contribution >= 0.6 is 0 Å². The summed E-state index contributed by atoms with van der Waals surface area (Å²) < 4.78 is 57.3. The molecule has 1 amide bonds. The second kappa shape index (κ2) is 12.7. The number of benzene rings is 2. The summed E-state index contributed by atoms with van der Waals surface area (Å²) in [7, 11) is 0. The number of halogens is 3. The molecule has 2 unspecified atom stereocenters. The Morgan fingerprint density at radius 1 is 1.14 bits per heavy atom. The average Bonchev–Trinajstić information content (AvgIpc) is 3.87. The van der Waals surface area contributed by atoms with Gasteiger partial charge < -0.3 is 24.4 Å². The molecule has 0 spiro atoms. The number of terminal acetylenes is 1. The van der Waals surface area contributed by atoms with Crippen molar-refractivity contribution in [2.45, 2.75) is 70.3 Å². The summed E-state index contributed by atoms with van der Waals surface area (Å²) in [5, 5.41) is 11.6. The number of fused-ring (bicyclic) bond motifs is 4. The van der Waals surface area contributed by atoms with Crippen molar-refractivity contribution in [2.24, 2.45) is 5.41 Å². The molecule has 266 valence electrons. The molecule has 5 fully saturated rings. The molecule has 9 rings (SSSR count). The second-order valence-electron chi connectivity index (χ2n) is 14.7. The van der Waals surface area contributed by atoms with E-state index in [1.807, 2.05) is 18.7 Å². The molecular weight excluding hydrogens is 661 g/mol. The topological polar surface area (TPSA) is 104 Å². The molecule has 6 heterocycles.